The van der Waals surface area contributed by atoms with E-state index in [-0.39, 0.29) is 11.6 Å². The second-order valence-corrected chi connectivity index (χ2v) is 7.04. The van der Waals surface area contributed by atoms with Crippen LogP contribution in [0.15, 0.2) is 30.3 Å². The zero-order chi connectivity index (χ0) is 18.0. The maximum atomic E-state index is 14.8. The van der Waals surface area contributed by atoms with Crippen LogP contribution in [0.2, 0.25) is 0 Å². The summed E-state index contributed by atoms with van der Waals surface area (Å²) >= 11 is 0. The standard InChI is InChI=1S/C23H26F2/c1-4-20-15(2)9-12-19(23(20)25)14-13-18-11-10-16(3)22(24)21(18)17-7-5-6-8-17/h7,9-12H,4-6,8,13-14H2,1-3H3. The molecular weight excluding hydrogens is 314 g/mol. The minimum atomic E-state index is -0.107. The fraction of sp³-hybridized carbons (Fsp3) is 0.391. The van der Waals surface area contributed by atoms with E-state index in [2.05, 4.69) is 6.08 Å². The summed E-state index contributed by atoms with van der Waals surface area (Å²) in [5.74, 6) is -0.194. The molecule has 0 radical (unpaired) electrons. The third-order valence-corrected chi connectivity index (χ3v) is 5.36. The first-order valence-electron chi connectivity index (χ1n) is 9.27. The maximum Gasteiger partial charge on any atom is 0.133 e. The molecule has 25 heavy (non-hydrogen) atoms. The molecular formula is C23H26F2. The van der Waals surface area contributed by atoms with Gasteiger partial charge in [0.15, 0.2) is 0 Å². The summed E-state index contributed by atoms with van der Waals surface area (Å²) in [4.78, 5) is 0. The van der Waals surface area contributed by atoms with Crippen molar-refractivity contribution in [1.82, 2.24) is 0 Å². The molecule has 0 saturated carbocycles. The van der Waals surface area contributed by atoms with Crippen LogP contribution in [0.3, 0.4) is 0 Å². The SMILES string of the molecule is CCc1c(C)ccc(CCc2ccc(C)c(F)c2C2=CCCC2)c1F. The number of hydrogen-bond acceptors (Lipinski definition) is 0. The number of benzene rings is 2. The van der Waals surface area contributed by atoms with Gasteiger partial charge in [-0.25, -0.2) is 8.78 Å². The van der Waals surface area contributed by atoms with Gasteiger partial charge < -0.3 is 0 Å². The fourth-order valence-electron chi connectivity index (χ4n) is 3.84. The lowest BCUT2D eigenvalue weighted by Crippen LogP contribution is -2.04. The Balaban J connectivity index is 1.91. The molecule has 0 aliphatic heterocycles. The van der Waals surface area contributed by atoms with E-state index in [0.29, 0.717) is 24.8 Å². The first-order chi connectivity index (χ1) is 12.0. The quantitative estimate of drug-likeness (QED) is 0.583. The minimum Gasteiger partial charge on any atom is -0.206 e. The Hall–Kier alpha value is -1.96. The van der Waals surface area contributed by atoms with E-state index in [1.807, 2.05) is 45.0 Å². The topological polar surface area (TPSA) is 0 Å². The van der Waals surface area contributed by atoms with Crippen molar-refractivity contribution in [3.63, 3.8) is 0 Å². The summed E-state index contributed by atoms with van der Waals surface area (Å²) in [6.45, 7) is 5.74. The van der Waals surface area contributed by atoms with Crippen molar-refractivity contribution >= 4 is 5.57 Å². The Morgan fingerprint density at radius 3 is 2.24 bits per heavy atom. The lowest BCUT2D eigenvalue weighted by molar-refractivity contribution is 0.590. The van der Waals surface area contributed by atoms with Gasteiger partial charge >= 0.3 is 0 Å². The molecule has 2 aromatic rings. The van der Waals surface area contributed by atoms with Gasteiger partial charge in [-0.3, -0.25) is 0 Å². The van der Waals surface area contributed by atoms with Crippen LogP contribution in [0.25, 0.3) is 5.57 Å². The molecule has 0 bridgehead atoms. The van der Waals surface area contributed by atoms with Gasteiger partial charge in [0.1, 0.15) is 11.6 Å². The number of halogens is 2. The van der Waals surface area contributed by atoms with Crippen LogP contribution in [-0.2, 0) is 19.3 Å². The van der Waals surface area contributed by atoms with Crippen molar-refractivity contribution in [2.45, 2.75) is 59.3 Å². The zero-order valence-corrected chi connectivity index (χ0v) is 15.4. The molecule has 1 aliphatic rings. The number of rotatable bonds is 5. The number of aryl methyl sites for hydroxylation is 4. The summed E-state index contributed by atoms with van der Waals surface area (Å²) in [5.41, 5.74) is 6.09. The number of allylic oxidation sites excluding steroid dienone is 2. The van der Waals surface area contributed by atoms with E-state index < -0.39 is 0 Å². The van der Waals surface area contributed by atoms with Gasteiger partial charge in [0.25, 0.3) is 0 Å². The molecule has 2 heteroatoms. The summed E-state index contributed by atoms with van der Waals surface area (Å²) in [6.07, 6.45) is 7.16. The van der Waals surface area contributed by atoms with Crippen molar-refractivity contribution in [1.29, 1.82) is 0 Å². The van der Waals surface area contributed by atoms with Crippen LogP contribution in [-0.4, -0.2) is 0 Å². The summed E-state index contributed by atoms with van der Waals surface area (Å²) in [5, 5.41) is 0. The molecule has 0 N–H and O–H groups in total. The van der Waals surface area contributed by atoms with E-state index in [9.17, 15) is 8.78 Å². The highest BCUT2D eigenvalue weighted by atomic mass is 19.1. The predicted octanol–water partition coefficient (Wildman–Crippen LogP) is 6.50. The Morgan fingerprint density at radius 1 is 0.880 bits per heavy atom. The van der Waals surface area contributed by atoms with Crippen molar-refractivity contribution in [3.05, 3.63) is 75.4 Å². The minimum absolute atomic E-state index is 0.0864. The molecule has 0 atom stereocenters. The zero-order valence-electron chi connectivity index (χ0n) is 15.4. The van der Waals surface area contributed by atoms with Crippen molar-refractivity contribution in [2.24, 2.45) is 0 Å². The molecule has 0 nitrogen and oxygen atoms in total. The highest BCUT2D eigenvalue weighted by Crippen LogP contribution is 2.34. The summed E-state index contributed by atoms with van der Waals surface area (Å²) in [6, 6.07) is 7.72. The first kappa shape index (κ1) is 17.8. The van der Waals surface area contributed by atoms with Gasteiger partial charge in [0.05, 0.1) is 0 Å². The molecule has 3 rings (SSSR count). The average Bonchev–Trinajstić information content (AvgIpc) is 3.12. The second-order valence-electron chi connectivity index (χ2n) is 7.04. The fourth-order valence-corrected chi connectivity index (χ4v) is 3.84. The van der Waals surface area contributed by atoms with Crippen molar-refractivity contribution in [3.8, 4) is 0 Å². The highest BCUT2D eigenvalue weighted by Gasteiger charge is 2.18. The van der Waals surface area contributed by atoms with Gasteiger partial charge in [-0.15, -0.1) is 0 Å². The molecule has 0 amide bonds. The number of hydrogen-bond donors (Lipinski definition) is 0. The monoisotopic (exact) mass is 340 g/mol. The Labute approximate surface area is 149 Å². The van der Waals surface area contributed by atoms with Crippen LogP contribution in [0.4, 0.5) is 8.78 Å². The van der Waals surface area contributed by atoms with Crippen LogP contribution in [0.5, 0.6) is 0 Å². The lowest BCUT2D eigenvalue weighted by atomic mass is 9.91. The molecule has 0 spiro atoms. The van der Waals surface area contributed by atoms with E-state index in [0.717, 1.165) is 52.7 Å². The van der Waals surface area contributed by atoms with Gasteiger partial charge in [0.2, 0.25) is 0 Å². The van der Waals surface area contributed by atoms with Crippen molar-refractivity contribution in [2.75, 3.05) is 0 Å². The van der Waals surface area contributed by atoms with E-state index in [1.165, 1.54) is 0 Å². The highest BCUT2D eigenvalue weighted by molar-refractivity contribution is 5.71. The van der Waals surface area contributed by atoms with Crippen LogP contribution >= 0.6 is 0 Å². The molecule has 0 saturated heterocycles. The Bertz CT molecular complexity index is 815. The van der Waals surface area contributed by atoms with Gasteiger partial charge in [-0.05, 0) is 85.8 Å². The van der Waals surface area contributed by atoms with Crippen molar-refractivity contribution < 1.29 is 8.78 Å². The molecule has 0 fully saturated rings. The first-order valence-corrected chi connectivity index (χ1v) is 9.27. The van der Waals surface area contributed by atoms with Gasteiger partial charge in [0, 0.05) is 5.56 Å². The molecule has 1 aliphatic carbocycles. The largest absolute Gasteiger partial charge is 0.206 e. The summed E-state index contributed by atoms with van der Waals surface area (Å²) < 4.78 is 29.5. The molecule has 2 aromatic carbocycles. The molecule has 132 valence electrons. The smallest absolute Gasteiger partial charge is 0.133 e. The molecule has 0 unspecified atom stereocenters. The van der Waals surface area contributed by atoms with Crippen LogP contribution < -0.4 is 0 Å². The predicted molar refractivity (Wildman–Crippen MR) is 101 cm³/mol. The maximum absolute atomic E-state index is 14.8. The Morgan fingerprint density at radius 2 is 1.56 bits per heavy atom. The normalized spacial score (nSPS) is 14.0. The second kappa shape index (κ2) is 7.51. The van der Waals surface area contributed by atoms with E-state index in [1.54, 1.807) is 0 Å². The molecule has 0 aromatic heterocycles. The van der Waals surface area contributed by atoms with Crippen LogP contribution in [0.1, 0.15) is 59.6 Å². The van der Waals surface area contributed by atoms with E-state index >= 15 is 0 Å². The van der Waals surface area contributed by atoms with Crippen LogP contribution in [0, 0.1) is 25.5 Å². The van der Waals surface area contributed by atoms with Gasteiger partial charge in [-0.2, -0.15) is 0 Å². The van der Waals surface area contributed by atoms with E-state index in [4.69, 9.17) is 0 Å². The summed E-state index contributed by atoms with van der Waals surface area (Å²) in [7, 11) is 0. The Kier molecular flexibility index (Phi) is 5.36. The third-order valence-electron chi connectivity index (χ3n) is 5.36. The molecule has 0 heterocycles. The average molecular weight is 340 g/mol. The van der Waals surface area contributed by atoms with Gasteiger partial charge in [-0.1, -0.05) is 37.3 Å². The lowest BCUT2D eigenvalue weighted by Gasteiger charge is -2.15. The third kappa shape index (κ3) is 3.53.